The summed E-state index contributed by atoms with van der Waals surface area (Å²) in [5.41, 5.74) is 0.186. The Balaban J connectivity index is 0.000000162. The van der Waals surface area contributed by atoms with Crippen LogP contribution in [0.3, 0.4) is 0 Å². The zero-order chi connectivity index (χ0) is 20.3. The van der Waals surface area contributed by atoms with Gasteiger partial charge in [-0.25, -0.2) is 9.59 Å². The van der Waals surface area contributed by atoms with Gasteiger partial charge in [0.05, 0.1) is 5.56 Å². The molecule has 0 saturated heterocycles. The Bertz CT molecular complexity index is 1190. The fraction of sp³-hybridized carbons (Fsp3) is 0. The molecule has 6 nitrogen and oxygen atoms in total. The summed E-state index contributed by atoms with van der Waals surface area (Å²) in [6.45, 7) is 0. The first-order valence-corrected chi connectivity index (χ1v) is 8.27. The van der Waals surface area contributed by atoms with E-state index in [4.69, 9.17) is 10.2 Å². The van der Waals surface area contributed by atoms with Gasteiger partial charge < -0.3 is 20.4 Å². The van der Waals surface area contributed by atoms with E-state index in [0.29, 0.717) is 16.3 Å². The number of carbonyl (C=O) groups is 2. The standard InChI is InChI=1S/C11H8O4.C11H8O2/c12-9-3-1-2-6-4-8(11(14)15)10(13)5-7(6)9;12-11(13)10-7-3-5-8-4-1-2-6-9(8)10/h1-5,12-13H,(H,14,15);1-7H,(H,12,13). The third kappa shape index (κ3) is 3.71. The molecule has 4 rings (SSSR count). The minimum atomic E-state index is -1.20. The summed E-state index contributed by atoms with van der Waals surface area (Å²) in [5.74, 6) is -2.41. The molecule has 0 unspecified atom stereocenters. The number of hydrogen-bond acceptors (Lipinski definition) is 4. The van der Waals surface area contributed by atoms with Crippen molar-refractivity contribution in [2.24, 2.45) is 0 Å². The van der Waals surface area contributed by atoms with Crippen LogP contribution in [0.4, 0.5) is 0 Å². The number of phenols is 2. The quantitative estimate of drug-likeness (QED) is 0.410. The Kier molecular flexibility index (Phi) is 5.13. The Labute approximate surface area is 159 Å². The van der Waals surface area contributed by atoms with Gasteiger partial charge in [0.15, 0.2) is 0 Å². The van der Waals surface area contributed by atoms with Crippen molar-refractivity contribution in [3.8, 4) is 11.5 Å². The Morgan fingerprint density at radius 2 is 1.18 bits per heavy atom. The van der Waals surface area contributed by atoms with Crippen LogP contribution in [-0.2, 0) is 0 Å². The predicted molar refractivity (Wildman–Crippen MR) is 105 cm³/mol. The van der Waals surface area contributed by atoms with E-state index in [2.05, 4.69) is 0 Å². The highest BCUT2D eigenvalue weighted by Crippen LogP contribution is 2.30. The molecule has 0 atom stereocenters. The van der Waals surface area contributed by atoms with Crippen LogP contribution in [0.25, 0.3) is 21.5 Å². The summed E-state index contributed by atoms with van der Waals surface area (Å²) in [4.78, 5) is 21.5. The van der Waals surface area contributed by atoms with Gasteiger partial charge in [-0.3, -0.25) is 0 Å². The van der Waals surface area contributed by atoms with Crippen LogP contribution in [0.15, 0.2) is 72.8 Å². The van der Waals surface area contributed by atoms with Crippen LogP contribution in [0, 0.1) is 0 Å². The number of aromatic carboxylic acids is 2. The van der Waals surface area contributed by atoms with Crippen molar-refractivity contribution in [2.45, 2.75) is 0 Å². The molecule has 0 aromatic heterocycles. The Hall–Kier alpha value is -4.06. The summed E-state index contributed by atoms with van der Waals surface area (Å²) in [7, 11) is 0. The third-order valence-corrected chi connectivity index (χ3v) is 4.22. The Morgan fingerprint density at radius 1 is 0.571 bits per heavy atom. The molecule has 0 aliphatic rings. The molecule has 0 spiro atoms. The van der Waals surface area contributed by atoms with Gasteiger partial charge in [-0.1, -0.05) is 48.5 Å². The highest BCUT2D eigenvalue weighted by atomic mass is 16.4. The minimum absolute atomic E-state index is 0.0136. The second-order valence-electron chi connectivity index (χ2n) is 6.00. The zero-order valence-corrected chi connectivity index (χ0v) is 14.5. The highest BCUT2D eigenvalue weighted by molar-refractivity contribution is 6.03. The third-order valence-electron chi connectivity index (χ3n) is 4.22. The SMILES string of the molecule is O=C(O)c1cc2cccc(O)c2cc1O.O=C(O)c1cccc2ccccc12. The molecular formula is C22H16O6. The number of fused-ring (bicyclic) bond motifs is 2. The van der Waals surface area contributed by atoms with E-state index in [1.165, 1.54) is 18.2 Å². The largest absolute Gasteiger partial charge is 0.507 e. The van der Waals surface area contributed by atoms with Crippen molar-refractivity contribution in [1.29, 1.82) is 0 Å². The maximum atomic E-state index is 10.8. The van der Waals surface area contributed by atoms with Gasteiger partial charge in [0.2, 0.25) is 0 Å². The number of hydrogen-bond donors (Lipinski definition) is 4. The number of carboxylic acids is 2. The Morgan fingerprint density at radius 3 is 1.89 bits per heavy atom. The van der Waals surface area contributed by atoms with Crippen molar-refractivity contribution in [2.75, 3.05) is 0 Å². The molecular weight excluding hydrogens is 360 g/mol. The van der Waals surface area contributed by atoms with Crippen LogP contribution in [-0.4, -0.2) is 32.4 Å². The molecule has 0 aliphatic heterocycles. The van der Waals surface area contributed by atoms with E-state index < -0.39 is 11.9 Å². The van der Waals surface area contributed by atoms with E-state index in [-0.39, 0.29) is 17.1 Å². The maximum absolute atomic E-state index is 10.8. The van der Waals surface area contributed by atoms with E-state index in [1.807, 2.05) is 30.3 Å². The van der Waals surface area contributed by atoms with Gasteiger partial charge in [0.25, 0.3) is 0 Å². The van der Waals surface area contributed by atoms with Crippen molar-refractivity contribution in [3.63, 3.8) is 0 Å². The molecule has 140 valence electrons. The van der Waals surface area contributed by atoms with E-state index >= 15 is 0 Å². The normalized spacial score (nSPS) is 10.3. The first-order chi connectivity index (χ1) is 13.4. The molecule has 0 aliphatic carbocycles. The molecule has 6 heteroatoms. The first-order valence-electron chi connectivity index (χ1n) is 8.27. The summed E-state index contributed by atoms with van der Waals surface area (Å²) < 4.78 is 0. The van der Waals surface area contributed by atoms with Gasteiger partial charge in [0.1, 0.15) is 17.1 Å². The smallest absolute Gasteiger partial charge is 0.339 e. The number of rotatable bonds is 2. The van der Waals surface area contributed by atoms with Crippen molar-refractivity contribution in [1.82, 2.24) is 0 Å². The first kappa shape index (κ1) is 18.7. The lowest BCUT2D eigenvalue weighted by Crippen LogP contribution is -1.96. The molecule has 4 aromatic rings. The maximum Gasteiger partial charge on any atom is 0.339 e. The van der Waals surface area contributed by atoms with Crippen molar-refractivity contribution < 1.29 is 30.0 Å². The summed E-state index contributed by atoms with van der Waals surface area (Å²) in [6.07, 6.45) is 0. The van der Waals surface area contributed by atoms with Gasteiger partial charge in [-0.15, -0.1) is 0 Å². The fourth-order valence-electron chi connectivity index (χ4n) is 2.88. The molecule has 0 saturated carbocycles. The lowest BCUT2D eigenvalue weighted by Gasteiger charge is -2.04. The molecule has 4 N–H and O–H groups in total. The van der Waals surface area contributed by atoms with Crippen LogP contribution < -0.4 is 0 Å². The minimum Gasteiger partial charge on any atom is -0.507 e. The molecule has 0 radical (unpaired) electrons. The van der Waals surface area contributed by atoms with Crippen LogP contribution in [0.2, 0.25) is 0 Å². The van der Waals surface area contributed by atoms with Crippen LogP contribution in [0.5, 0.6) is 11.5 Å². The van der Waals surface area contributed by atoms with Gasteiger partial charge in [-0.05, 0) is 40.4 Å². The summed E-state index contributed by atoms with van der Waals surface area (Å²) in [5, 5.41) is 39.3. The molecule has 0 amide bonds. The lowest BCUT2D eigenvalue weighted by atomic mass is 10.1. The second kappa shape index (κ2) is 7.67. The molecule has 0 bridgehead atoms. The van der Waals surface area contributed by atoms with Crippen molar-refractivity contribution >= 4 is 33.5 Å². The number of carboxylic acid groups (broad SMARTS) is 2. The van der Waals surface area contributed by atoms with Gasteiger partial charge in [0, 0.05) is 5.39 Å². The number of phenolic OH excluding ortho intramolecular Hbond substituents is 1. The fourth-order valence-corrected chi connectivity index (χ4v) is 2.88. The summed E-state index contributed by atoms with van der Waals surface area (Å²) in [6, 6.07) is 20.1. The van der Waals surface area contributed by atoms with E-state index in [9.17, 15) is 19.8 Å². The zero-order valence-electron chi connectivity index (χ0n) is 14.5. The van der Waals surface area contributed by atoms with Gasteiger partial charge >= 0.3 is 11.9 Å². The second-order valence-corrected chi connectivity index (χ2v) is 6.00. The predicted octanol–water partition coefficient (Wildman–Crippen LogP) is 4.49. The molecule has 28 heavy (non-hydrogen) atoms. The number of benzene rings is 4. The average Bonchev–Trinajstić information content (AvgIpc) is 2.68. The lowest BCUT2D eigenvalue weighted by molar-refractivity contribution is 0.0685. The van der Waals surface area contributed by atoms with Crippen LogP contribution >= 0.6 is 0 Å². The molecule has 0 fully saturated rings. The summed E-state index contributed by atoms with van der Waals surface area (Å²) >= 11 is 0. The van der Waals surface area contributed by atoms with Crippen molar-refractivity contribution in [3.05, 3.63) is 83.9 Å². The van der Waals surface area contributed by atoms with E-state index in [1.54, 1.807) is 24.3 Å². The topological polar surface area (TPSA) is 115 Å². The average molecular weight is 376 g/mol. The molecule has 0 heterocycles. The van der Waals surface area contributed by atoms with E-state index in [0.717, 1.165) is 10.8 Å². The van der Waals surface area contributed by atoms with Gasteiger partial charge in [-0.2, -0.15) is 0 Å². The monoisotopic (exact) mass is 376 g/mol. The molecule has 4 aromatic carbocycles. The number of aromatic hydroxyl groups is 2. The highest BCUT2D eigenvalue weighted by Gasteiger charge is 2.12. The van der Waals surface area contributed by atoms with Crippen LogP contribution in [0.1, 0.15) is 20.7 Å².